The van der Waals surface area contributed by atoms with E-state index in [1.165, 1.54) is 17.2 Å². The molecule has 25 heavy (non-hydrogen) atoms. The third-order valence-corrected chi connectivity index (χ3v) is 4.99. The average Bonchev–Trinajstić information content (AvgIpc) is 3.06. The molecule has 0 saturated heterocycles. The van der Waals surface area contributed by atoms with Crippen LogP contribution in [0.5, 0.6) is 0 Å². The molecule has 2 aliphatic heterocycles. The number of ether oxygens (including phenoxy) is 1. The molecule has 0 saturated carbocycles. The Balaban J connectivity index is 1.68. The second kappa shape index (κ2) is 5.67. The maximum atomic E-state index is 14.3. The van der Waals surface area contributed by atoms with Crippen LogP contribution in [0.25, 0.3) is 5.69 Å². The molecule has 3 nitrogen and oxygen atoms in total. The minimum absolute atomic E-state index is 0.204. The number of benzene rings is 2. The van der Waals surface area contributed by atoms with Gasteiger partial charge in [-0.15, -0.1) is 0 Å². The van der Waals surface area contributed by atoms with Crippen LogP contribution in [0.1, 0.15) is 27.9 Å². The molecule has 124 valence electrons. The highest BCUT2D eigenvalue weighted by atomic mass is 19.1. The van der Waals surface area contributed by atoms with E-state index in [4.69, 9.17) is 9.73 Å². The molecule has 0 unspecified atom stereocenters. The summed E-state index contributed by atoms with van der Waals surface area (Å²) in [5.74, 6) is -0.204. The van der Waals surface area contributed by atoms with Gasteiger partial charge in [-0.2, -0.15) is 0 Å². The number of hydrogen-bond donors (Lipinski definition) is 0. The predicted molar refractivity (Wildman–Crippen MR) is 94.9 cm³/mol. The largest absolute Gasteiger partial charge is 0.376 e. The lowest BCUT2D eigenvalue weighted by Gasteiger charge is -2.18. The first-order valence-corrected chi connectivity index (χ1v) is 8.51. The molecule has 0 radical (unpaired) electrons. The summed E-state index contributed by atoms with van der Waals surface area (Å²) in [5.41, 5.74) is 7.05. The monoisotopic (exact) mass is 332 g/mol. The highest BCUT2D eigenvalue weighted by Gasteiger charge is 2.21. The summed E-state index contributed by atoms with van der Waals surface area (Å²) in [5, 5.41) is 0. The maximum Gasteiger partial charge on any atom is 0.130 e. The fourth-order valence-electron chi connectivity index (χ4n) is 3.70. The number of rotatable bonds is 1. The lowest BCUT2D eigenvalue weighted by molar-refractivity contribution is 0.111. The lowest BCUT2D eigenvalue weighted by atomic mass is 9.97. The predicted octanol–water partition coefficient (Wildman–Crippen LogP) is 4.04. The summed E-state index contributed by atoms with van der Waals surface area (Å²) in [7, 11) is 0. The minimum Gasteiger partial charge on any atom is -0.376 e. The zero-order valence-corrected chi connectivity index (χ0v) is 13.7. The van der Waals surface area contributed by atoms with Crippen molar-refractivity contribution < 1.29 is 9.13 Å². The van der Waals surface area contributed by atoms with E-state index in [0.29, 0.717) is 18.7 Å². The van der Waals surface area contributed by atoms with Gasteiger partial charge in [0.05, 0.1) is 36.9 Å². The van der Waals surface area contributed by atoms with Crippen molar-refractivity contribution in [1.29, 1.82) is 0 Å². The molecule has 3 heterocycles. The molecule has 0 amide bonds. The van der Waals surface area contributed by atoms with Gasteiger partial charge in [-0.05, 0) is 47.9 Å². The molecule has 3 aromatic rings. The zero-order valence-electron chi connectivity index (χ0n) is 13.7. The Hall–Kier alpha value is -2.72. The smallest absolute Gasteiger partial charge is 0.130 e. The van der Waals surface area contributed by atoms with Crippen LogP contribution >= 0.6 is 0 Å². The molecule has 0 aliphatic carbocycles. The maximum absolute atomic E-state index is 14.3. The van der Waals surface area contributed by atoms with Gasteiger partial charge < -0.3 is 9.30 Å². The first-order valence-electron chi connectivity index (χ1n) is 8.51. The van der Waals surface area contributed by atoms with Crippen LogP contribution in [-0.2, 0) is 24.3 Å². The van der Waals surface area contributed by atoms with Crippen molar-refractivity contribution >= 4 is 5.71 Å². The average molecular weight is 332 g/mol. The van der Waals surface area contributed by atoms with Gasteiger partial charge in [-0.1, -0.05) is 18.2 Å². The van der Waals surface area contributed by atoms with Gasteiger partial charge in [-0.25, -0.2) is 4.39 Å². The Bertz CT molecular complexity index is 1000. The molecule has 0 spiro atoms. The SMILES string of the molecule is Fc1cccc2c1CN=C(c1ccc3c(c1)CCOC3)c1cccn1-2. The van der Waals surface area contributed by atoms with Crippen molar-refractivity contribution in [3.05, 3.63) is 88.5 Å². The van der Waals surface area contributed by atoms with E-state index in [2.05, 4.69) is 18.2 Å². The van der Waals surface area contributed by atoms with Crippen molar-refractivity contribution in [2.24, 2.45) is 4.99 Å². The van der Waals surface area contributed by atoms with Crippen LogP contribution in [0.4, 0.5) is 4.39 Å². The van der Waals surface area contributed by atoms with Gasteiger partial charge in [0.15, 0.2) is 0 Å². The van der Waals surface area contributed by atoms with Crippen LogP contribution in [0, 0.1) is 5.82 Å². The molecule has 1 aromatic heterocycles. The van der Waals surface area contributed by atoms with E-state index < -0.39 is 0 Å². The summed E-state index contributed by atoms with van der Waals surface area (Å²) in [6, 6.07) is 15.7. The second-order valence-electron chi connectivity index (χ2n) is 6.45. The van der Waals surface area contributed by atoms with Crippen LogP contribution in [0.2, 0.25) is 0 Å². The van der Waals surface area contributed by atoms with Gasteiger partial charge >= 0.3 is 0 Å². The molecule has 2 aromatic carbocycles. The van der Waals surface area contributed by atoms with E-state index in [1.54, 1.807) is 6.07 Å². The second-order valence-corrected chi connectivity index (χ2v) is 6.45. The Morgan fingerprint density at radius 2 is 2.00 bits per heavy atom. The summed E-state index contributed by atoms with van der Waals surface area (Å²) in [6.07, 6.45) is 2.90. The number of aromatic nitrogens is 1. The first kappa shape index (κ1) is 14.6. The molecule has 0 fully saturated rings. The van der Waals surface area contributed by atoms with Crippen molar-refractivity contribution in [1.82, 2.24) is 4.57 Å². The van der Waals surface area contributed by atoms with Crippen LogP contribution in [0.15, 0.2) is 59.7 Å². The summed E-state index contributed by atoms with van der Waals surface area (Å²) >= 11 is 0. The van der Waals surface area contributed by atoms with Crippen molar-refractivity contribution in [3.8, 4) is 5.69 Å². The highest BCUT2D eigenvalue weighted by molar-refractivity contribution is 6.12. The van der Waals surface area contributed by atoms with E-state index in [1.807, 2.05) is 29.0 Å². The number of hydrogen-bond acceptors (Lipinski definition) is 2. The lowest BCUT2D eigenvalue weighted by Crippen LogP contribution is -2.13. The van der Waals surface area contributed by atoms with E-state index in [9.17, 15) is 4.39 Å². The molecule has 0 N–H and O–H groups in total. The summed E-state index contributed by atoms with van der Waals surface area (Å²) in [6.45, 7) is 1.78. The quantitative estimate of drug-likeness (QED) is 0.660. The first-order chi connectivity index (χ1) is 12.3. The number of fused-ring (bicyclic) bond motifs is 4. The van der Waals surface area contributed by atoms with Crippen molar-refractivity contribution in [3.63, 3.8) is 0 Å². The normalized spacial score (nSPS) is 15.6. The number of nitrogens with zero attached hydrogens (tertiary/aromatic N) is 2. The van der Waals surface area contributed by atoms with E-state index in [-0.39, 0.29) is 5.82 Å². The molecule has 5 rings (SSSR count). The van der Waals surface area contributed by atoms with Crippen LogP contribution in [-0.4, -0.2) is 16.9 Å². The molecule has 0 bridgehead atoms. The van der Waals surface area contributed by atoms with Crippen molar-refractivity contribution in [2.45, 2.75) is 19.6 Å². The fraction of sp³-hybridized carbons (Fsp3) is 0.190. The Morgan fingerprint density at radius 1 is 1.04 bits per heavy atom. The van der Waals surface area contributed by atoms with Crippen LogP contribution < -0.4 is 0 Å². The zero-order chi connectivity index (χ0) is 16.8. The van der Waals surface area contributed by atoms with E-state index >= 15 is 0 Å². The Labute approximate surface area is 145 Å². The number of aliphatic imine (C=N–C) groups is 1. The Kier molecular flexibility index (Phi) is 3.31. The number of halogens is 1. The molecule has 4 heteroatoms. The fourth-order valence-corrected chi connectivity index (χ4v) is 3.70. The van der Waals surface area contributed by atoms with Gasteiger partial charge in [0.1, 0.15) is 5.82 Å². The summed E-state index contributed by atoms with van der Waals surface area (Å²) in [4.78, 5) is 4.78. The highest BCUT2D eigenvalue weighted by Crippen LogP contribution is 2.28. The third kappa shape index (κ3) is 2.33. The molecular formula is C21H17FN2O. The third-order valence-electron chi connectivity index (χ3n) is 4.99. The minimum atomic E-state index is -0.204. The van der Waals surface area contributed by atoms with Gasteiger partial charge in [-0.3, -0.25) is 4.99 Å². The van der Waals surface area contributed by atoms with Gasteiger partial charge in [0.2, 0.25) is 0 Å². The Morgan fingerprint density at radius 3 is 2.96 bits per heavy atom. The molecule has 0 atom stereocenters. The van der Waals surface area contributed by atoms with Crippen molar-refractivity contribution in [2.75, 3.05) is 6.61 Å². The topological polar surface area (TPSA) is 26.5 Å². The van der Waals surface area contributed by atoms with E-state index in [0.717, 1.165) is 35.7 Å². The van der Waals surface area contributed by atoms with Gasteiger partial charge in [0, 0.05) is 17.3 Å². The molecule has 2 aliphatic rings. The molecular weight excluding hydrogens is 315 g/mol. The van der Waals surface area contributed by atoms with Gasteiger partial charge in [0.25, 0.3) is 0 Å². The van der Waals surface area contributed by atoms with Crippen LogP contribution in [0.3, 0.4) is 0 Å². The standard InChI is InChI=1S/C21H17FN2O/c22-18-3-1-4-19-17(18)12-23-21(20-5-2-9-24(19)20)15-6-7-16-13-25-10-8-14(16)11-15/h1-7,9,11H,8,10,12-13H2. The summed E-state index contributed by atoms with van der Waals surface area (Å²) < 4.78 is 21.9.